The third kappa shape index (κ3) is 13.3. The lowest BCUT2D eigenvalue weighted by atomic mass is 10.1. The van der Waals surface area contributed by atoms with Gasteiger partial charge in [0.25, 0.3) is 0 Å². The summed E-state index contributed by atoms with van der Waals surface area (Å²) >= 11 is 0. The molecule has 0 heterocycles. The maximum atomic E-state index is 12.0. The molecule has 0 bridgehead atoms. The van der Waals surface area contributed by atoms with Crippen LogP contribution in [0.25, 0.3) is 0 Å². The molecule has 0 aliphatic heterocycles. The van der Waals surface area contributed by atoms with E-state index in [0.717, 1.165) is 0 Å². The zero-order valence-electron chi connectivity index (χ0n) is 21.1. The molecule has 0 radical (unpaired) electrons. The lowest BCUT2D eigenvalue weighted by Gasteiger charge is -2.16. The van der Waals surface area contributed by atoms with Crippen molar-refractivity contribution < 1.29 is 52.6 Å². The van der Waals surface area contributed by atoms with Crippen molar-refractivity contribution in [3.8, 4) is 0 Å². The number of amides is 3. The van der Waals surface area contributed by atoms with E-state index in [4.69, 9.17) is 14.2 Å². The minimum Gasteiger partial charge on any atom is -0.426 e. The molecule has 0 rings (SSSR count). The molecule has 0 saturated heterocycles. The number of hydrogen-bond acceptors (Lipinski definition) is 11. The van der Waals surface area contributed by atoms with Crippen LogP contribution in [0.4, 0.5) is 0 Å². The maximum absolute atomic E-state index is 12.0. The lowest BCUT2D eigenvalue weighted by Crippen LogP contribution is -2.45. The number of hydrogen-bond donors (Lipinski definition) is 3. The molecule has 0 aromatic heterocycles. The molecule has 202 valence electrons. The Morgan fingerprint density at radius 1 is 0.611 bits per heavy atom. The van der Waals surface area contributed by atoms with Gasteiger partial charge in [0, 0.05) is 7.11 Å². The minimum atomic E-state index is -1.20. The topological polar surface area (TPSA) is 200 Å². The van der Waals surface area contributed by atoms with Gasteiger partial charge >= 0.3 is 11.9 Å². The molecule has 4 unspecified atom stereocenters. The van der Waals surface area contributed by atoms with E-state index in [9.17, 15) is 38.4 Å². The summed E-state index contributed by atoms with van der Waals surface area (Å²) in [6, 6.07) is -3.32. The Hall–Kier alpha value is -3.68. The van der Waals surface area contributed by atoms with Crippen LogP contribution in [-0.2, 0) is 52.6 Å². The first-order valence-electron chi connectivity index (χ1n) is 11.0. The maximum Gasteiger partial charge on any atom is 0.331 e. The Balaban J connectivity index is 4.39. The summed E-state index contributed by atoms with van der Waals surface area (Å²) in [7, 11) is 1.32. The summed E-state index contributed by atoms with van der Waals surface area (Å²) in [5.41, 5.74) is 0. The van der Waals surface area contributed by atoms with Crippen molar-refractivity contribution in [2.75, 3.05) is 13.9 Å². The van der Waals surface area contributed by atoms with Crippen molar-refractivity contribution in [3.05, 3.63) is 0 Å². The number of Topliss-reactive ketones (excluding diaryl/α,β-unsaturated/α-hetero) is 3. The van der Waals surface area contributed by atoms with Crippen molar-refractivity contribution >= 4 is 47.0 Å². The number of methoxy groups -OCH3 is 1. The van der Waals surface area contributed by atoms with Gasteiger partial charge in [-0.2, -0.15) is 0 Å². The fourth-order valence-electron chi connectivity index (χ4n) is 2.44. The van der Waals surface area contributed by atoms with Crippen LogP contribution in [0.2, 0.25) is 0 Å². The van der Waals surface area contributed by atoms with Gasteiger partial charge in [0.15, 0.2) is 11.6 Å². The number of ether oxygens (including phenoxy) is 3. The lowest BCUT2D eigenvalue weighted by molar-refractivity contribution is -0.170. The summed E-state index contributed by atoms with van der Waals surface area (Å²) in [6.07, 6.45) is -2.32. The normalized spacial score (nSPS) is 13.7. The standard InChI is InChI=1S/C22H33N3O11/c1-11(26)7-18(29)24-13(3)21(32)35-10-36-22(33)14(4)25-20(31)9-19(30)23-12(2)16(27)8-17(28)15(5)34-6/h12-15H,7-10H2,1-6H3,(H,23,30)(H,24,29)(H,25,31). The molecule has 0 aliphatic carbocycles. The van der Waals surface area contributed by atoms with E-state index >= 15 is 0 Å². The van der Waals surface area contributed by atoms with Crippen LogP contribution in [-0.4, -0.2) is 85.1 Å². The number of carbonyl (C=O) groups excluding carboxylic acids is 8. The second-order valence-electron chi connectivity index (χ2n) is 7.96. The quantitative estimate of drug-likeness (QED) is 0.122. The fourth-order valence-corrected chi connectivity index (χ4v) is 2.44. The van der Waals surface area contributed by atoms with Crippen molar-refractivity contribution in [2.45, 2.75) is 78.1 Å². The highest BCUT2D eigenvalue weighted by molar-refractivity contribution is 6.05. The number of esters is 2. The molecule has 3 amide bonds. The Labute approximate surface area is 208 Å². The Morgan fingerprint density at radius 2 is 1.03 bits per heavy atom. The smallest absolute Gasteiger partial charge is 0.331 e. The van der Waals surface area contributed by atoms with E-state index in [-0.39, 0.29) is 5.78 Å². The first-order chi connectivity index (χ1) is 16.7. The molecule has 14 heteroatoms. The average Bonchev–Trinajstić information content (AvgIpc) is 2.76. The van der Waals surface area contributed by atoms with Crippen LogP contribution in [0.15, 0.2) is 0 Å². The second kappa shape index (κ2) is 16.1. The van der Waals surface area contributed by atoms with Crippen molar-refractivity contribution in [3.63, 3.8) is 0 Å². The molecule has 0 aromatic carbocycles. The van der Waals surface area contributed by atoms with Crippen LogP contribution < -0.4 is 16.0 Å². The molecule has 4 atom stereocenters. The minimum absolute atomic E-state index is 0.386. The molecule has 0 aliphatic rings. The summed E-state index contributed by atoms with van der Waals surface area (Å²) in [4.78, 5) is 93.8. The second-order valence-corrected chi connectivity index (χ2v) is 7.96. The molecular weight excluding hydrogens is 482 g/mol. The number of nitrogens with one attached hydrogen (secondary N) is 3. The zero-order chi connectivity index (χ0) is 28.0. The van der Waals surface area contributed by atoms with E-state index in [0.29, 0.717) is 0 Å². The van der Waals surface area contributed by atoms with Gasteiger partial charge in [0.1, 0.15) is 30.4 Å². The molecule has 0 fully saturated rings. The van der Waals surface area contributed by atoms with E-state index in [1.807, 2.05) is 0 Å². The van der Waals surface area contributed by atoms with Crippen molar-refractivity contribution in [1.82, 2.24) is 16.0 Å². The largest absolute Gasteiger partial charge is 0.426 e. The monoisotopic (exact) mass is 515 g/mol. The van der Waals surface area contributed by atoms with Gasteiger partial charge in [-0.25, -0.2) is 9.59 Å². The van der Waals surface area contributed by atoms with Crippen molar-refractivity contribution in [1.29, 1.82) is 0 Å². The van der Waals surface area contributed by atoms with Crippen molar-refractivity contribution in [2.24, 2.45) is 0 Å². The highest BCUT2D eigenvalue weighted by atomic mass is 16.7. The molecule has 0 saturated carbocycles. The predicted octanol–water partition coefficient (Wildman–Crippen LogP) is -1.52. The van der Waals surface area contributed by atoms with E-state index in [2.05, 4.69) is 16.0 Å². The Bertz CT molecular complexity index is 871. The Kier molecular flexibility index (Phi) is 14.4. The summed E-state index contributed by atoms with van der Waals surface area (Å²) in [5, 5.41) is 6.75. The van der Waals surface area contributed by atoms with Gasteiger partial charge in [-0.05, 0) is 34.6 Å². The Morgan fingerprint density at radius 3 is 1.44 bits per heavy atom. The first-order valence-corrected chi connectivity index (χ1v) is 11.0. The third-order valence-electron chi connectivity index (χ3n) is 4.61. The van der Waals surface area contributed by atoms with Crippen LogP contribution >= 0.6 is 0 Å². The van der Waals surface area contributed by atoms with Crippen LogP contribution in [0.3, 0.4) is 0 Å². The highest BCUT2D eigenvalue weighted by Crippen LogP contribution is 2.00. The van der Waals surface area contributed by atoms with Gasteiger partial charge in [0.05, 0.1) is 18.9 Å². The van der Waals surface area contributed by atoms with Gasteiger partial charge in [0.2, 0.25) is 24.5 Å². The zero-order valence-corrected chi connectivity index (χ0v) is 21.1. The molecule has 0 aromatic rings. The number of carbonyl (C=O) groups is 8. The van der Waals surface area contributed by atoms with E-state index in [1.54, 1.807) is 0 Å². The van der Waals surface area contributed by atoms with Gasteiger partial charge in [-0.3, -0.25) is 28.8 Å². The first kappa shape index (κ1) is 32.3. The molecule has 0 spiro atoms. The van der Waals surface area contributed by atoms with Gasteiger partial charge in [-0.1, -0.05) is 0 Å². The third-order valence-corrected chi connectivity index (χ3v) is 4.61. The molecular formula is C22H33N3O11. The van der Waals surface area contributed by atoms with Crippen LogP contribution in [0, 0.1) is 0 Å². The SMILES string of the molecule is COC(C)C(=O)CC(=O)C(C)NC(=O)CC(=O)NC(C)C(=O)OCOC(=O)C(C)NC(=O)CC(C)=O. The van der Waals surface area contributed by atoms with Crippen LogP contribution in [0.1, 0.15) is 53.9 Å². The fraction of sp³-hybridized carbons (Fsp3) is 0.636. The van der Waals surface area contributed by atoms with Gasteiger partial charge in [-0.15, -0.1) is 0 Å². The molecule has 3 N–H and O–H groups in total. The van der Waals surface area contributed by atoms with Crippen LogP contribution in [0.5, 0.6) is 0 Å². The molecule has 14 nitrogen and oxygen atoms in total. The molecule has 36 heavy (non-hydrogen) atoms. The highest BCUT2D eigenvalue weighted by Gasteiger charge is 2.24. The summed E-state index contributed by atoms with van der Waals surface area (Å²) in [5.74, 6) is -5.62. The number of rotatable bonds is 16. The summed E-state index contributed by atoms with van der Waals surface area (Å²) in [6.45, 7) is 5.83. The van der Waals surface area contributed by atoms with E-state index in [1.165, 1.54) is 41.7 Å². The number of ketones is 3. The summed E-state index contributed by atoms with van der Waals surface area (Å²) < 4.78 is 14.2. The van der Waals surface area contributed by atoms with E-state index < -0.39 is 91.5 Å². The average molecular weight is 516 g/mol. The predicted molar refractivity (Wildman–Crippen MR) is 121 cm³/mol. The van der Waals surface area contributed by atoms with Gasteiger partial charge < -0.3 is 30.2 Å².